The van der Waals surface area contributed by atoms with Crippen molar-refractivity contribution < 1.29 is 9.90 Å². The maximum Gasteiger partial charge on any atom is 0.238 e. The Balaban J connectivity index is 2.45. The highest BCUT2D eigenvalue weighted by molar-refractivity contribution is 6.39. The van der Waals surface area contributed by atoms with Gasteiger partial charge in [-0.15, -0.1) is 0 Å². The Bertz CT molecular complexity index is 470. The van der Waals surface area contributed by atoms with Gasteiger partial charge in [-0.3, -0.25) is 4.79 Å². The highest BCUT2D eigenvalue weighted by atomic mass is 35.5. The Kier molecular flexibility index (Phi) is 6.94. The van der Waals surface area contributed by atoms with Gasteiger partial charge in [0.1, 0.15) is 0 Å². The smallest absolute Gasteiger partial charge is 0.238 e. The van der Waals surface area contributed by atoms with E-state index in [9.17, 15) is 9.90 Å². The van der Waals surface area contributed by atoms with Crippen LogP contribution in [0.15, 0.2) is 18.2 Å². The fraction of sp³-hybridized carbons (Fsp3) is 0.533. The zero-order valence-electron chi connectivity index (χ0n) is 12.5. The molecule has 1 unspecified atom stereocenters. The third-order valence-corrected chi connectivity index (χ3v) is 3.50. The first kappa shape index (κ1) is 18.2. The molecular formula is C15H22Cl2N2O2. The van der Waals surface area contributed by atoms with Crippen molar-refractivity contribution in [2.24, 2.45) is 5.92 Å². The van der Waals surface area contributed by atoms with E-state index in [4.69, 9.17) is 23.2 Å². The maximum absolute atomic E-state index is 11.9. The lowest BCUT2D eigenvalue weighted by atomic mass is 9.94. The van der Waals surface area contributed by atoms with Gasteiger partial charge in [0.25, 0.3) is 0 Å². The number of nitrogens with one attached hydrogen (secondary N) is 2. The number of aliphatic hydroxyl groups is 1. The normalized spacial score (nSPS) is 14.0. The molecule has 0 bridgehead atoms. The zero-order chi connectivity index (χ0) is 16.0. The second-order valence-electron chi connectivity index (χ2n) is 5.84. The second-order valence-corrected chi connectivity index (χ2v) is 6.66. The van der Waals surface area contributed by atoms with E-state index >= 15 is 0 Å². The van der Waals surface area contributed by atoms with Crippen LogP contribution < -0.4 is 10.6 Å². The van der Waals surface area contributed by atoms with Crippen LogP contribution in [-0.4, -0.2) is 29.7 Å². The molecule has 0 aliphatic rings. The number of para-hydroxylation sites is 1. The van der Waals surface area contributed by atoms with Crippen molar-refractivity contribution in [3.63, 3.8) is 0 Å². The van der Waals surface area contributed by atoms with E-state index in [1.54, 1.807) is 25.1 Å². The third kappa shape index (κ3) is 6.66. The molecule has 0 saturated heterocycles. The fourth-order valence-corrected chi connectivity index (χ4v) is 2.69. The number of hydrogen-bond donors (Lipinski definition) is 3. The number of rotatable bonds is 7. The second kappa shape index (κ2) is 7.99. The van der Waals surface area contributed by atoms with Crippen molar-refractivity contribution in [1.29, 1.82) is 0 Å². The van der Waals surface area contributed by atoms with Crippen LogP contribution in [0.1, 0.15) is 27.2 Å². The SMILES string of the molecule is CC(C)CC(C)(O)CNCC(=O)Nc1c(Cl)cccc1Cl. The first-order valence-corrected chi connectivity index (χ1v) is 7.64. The molecule has 0 spiro atoms. The molecule has 0 fully saturated rings. The van der Waals surface area contributed by atoms with Crippen molar-refractivity contribution in [3.05, 3.63) is 28.2 Å². The largest absolute Gasteiger partial charge is 0.389 e. The molecule has 6 heteroatoms. The minimum atomic E-state index is -0.837. The van der Waals surface area contributed by atoms with Crippen molar-refractivity contribution >= 4 is 34.8 Å². The summed E-state index contributed by atoms with van der Waals surface area (Å²) in [6, 6.07) is 5.02. The predicted octanol–water partition coefficient (Wildman–Crippen LogP) is 3.32. The summed E-state index contributed by atoms with van der Waals surface area (Å²) in [7, 11) is 0. The standard InChI is InChI=1S/C15H22Cl2N2O2/c1-10(2)7-15(3,21)9-18-8-13(20)19-14-11(16)5-4-6-12(14)17/h4-6,10,18,21H,7-9H2,1-3H3,(H,19,20). The topological polar surface area (TPSA) is 61.4 Å². The summed E-state index contributed by atoms with van der Waals surface area (Å²) in [6.07, 6.45) is 0.665. The lowest BCUT2D eigenvalue weighted by Gasteiger charge is -2.25. The summed E-state index contributed by atoms with van der Waals surface area (Å²) in [5, 5.41) is 16.5. The average Bonchev–Trinajstić information content (AvgIpc) is 2.32. The molecule has 0 aliphatic carbocycles. The molecule has 3 N–H and O–H groups in total. The molecule has 1 aromatic carbocycles. The summed E-state index contributed by atoms with van der Waals surface area (Å²) < 4.78 is 0. The van der Waals surface area contributed by atoms with Crippen LogP contribution >= 0.6 is 23.2 Å². The highest BCUT2D eigenvalue weighted by Gasteiger charge is 2.21. The Morgan fingerprint density at radius 1 is 1.33 bits per heavy atom. The van der Waals surface area contributed by atoms with Gasteiger partial charge >= 0.3 is 0 Å². The highest BCUT2D eigenvalue weighted by Crippen LogP contribution is 2.29. The average molecular weight is 333 g/mol. The first-order chi connectivity index (χ1) is 9.71. The molecule has 0 radical (unpaired) electrons. The van der Waals surface area contributed by atoms with Gasteiger partial charge in [0, 0.05) is 6.54 Å². The first-order valence-electron chi connectivity index (χ1n) is 6.88. The molecule has 0 aliphatic heterocycles. The van der Waals surface area contributed by atoms with E-state index in [1.807, 2.05) is 13.8 Å². The molecule has 1 amide bonds. The number of amides is 1. The van der Waals surface area contributed by atoms with Crippen molar-refractivity contribution in [3.8, 4) is 0 Å². The van der Waals surface area contributed by atoms with E-state index < -0.39 is 5.60 Å². The number of carbonyl (C=O) groups excluding carboxylic acids is 1. The van der Waals surface area contributed by atoms with Crippen LogP contribution in [0.3, 0.4) is 0 Å². The predicted molar refractivity (Wildman–Crippen MR) is 88.0 cm³/mol. The maximum atomic E-state index is 11.9. The molecule has 1 rings (SSSR count). The molecule has 21 heavy (non-hydrogen) atoms. The summed E-state index contributed by atoms with van der Waals surface area (Å²) in [6.45, 7) is 6.26. The van der Waals surface area contributed by atoms with Gasteiger partial charge in [0.15, 0.2) is 0 Å². The Morgan fingerprint density at radius 2 is 1.90 bits per heavy atom. The third-order valence-electron chi connectivity index (χ3n) is 2.87. The molecule has 0 heterocycles. The fourth-order valence-electron chi connectivity index (χ4n) is 2.20. The summed E-state index contributed by atoms with van der Waals surface area (Å²) in [4.78, 5) is 11.9. The minimum absolute atomic E-state index is 0.0792. The minimum Gasteiger partial charge on any atom is -0.389 e. The van der Waals surface area contributed by atoms with Crippen LogP contribution in [0, 0.1) is 5.92 Å². The van der Waals surface area contributed by atoms with Gasteiger partial charge in [-0.25, -0.2) is 0 Å². The molecule has 0 aromatic heterocycles. The van der Waals surface area contributed by atoms with Crippen LogP contribution in [0.4, 0.5) is 5.69 Å². The number of benzene rings is 1. The molecule has 4 nitrogen and oxygen atoms in total. The zero-order valence-corrected chi connectivity index (χ0v) is 14.1. The number of carbonyl (C=O) groups is 1. The monoisotopic (exact) mass is 332 g/mol. The summed E-state index contributed by atoms with van der Waals surface area (Å²) in [5.41, 5.74) is -0.433. The number of halogens is 2. The van der Waals surface area contributed by atoms with E-state index in [0.29, 0.717) is 34.6 Å². The van der Waals surface area contributed by atoms with Gasteiger partial charge in [-0.2, -0.15) is 0 Å². The van der Waals surface area contributed by atoms with Crippen molar-refractivity contribution in [1.82, 2.24) is 5.32 Å². The lowest BCUT2D eigenvalue weighted by molar-refractivity contribution is -0.115. The van der Waals surface area contributed by atoms with Crippen LogP contribution in [-0.2, 0) is 4.79 Å². The lowest BCUT2D eigenvalue weighted by Crippen LogP contribution is -2.41. The van der Waals surface area contributed by atoms with Gasteiger partial charge in [-0.1, -0.05) is 43.1 Å². The van der Waals surface area contributed by atoms with Crippen LogP contribution in [0.5, 0.6) is 0 Å². The van der Waals surface area contributed by atoms with Crippen molar-refractivity contribution in [2.75, 3.05) is 18.4 Å². The van der Waals surface area contributed by atoms with Gasteiger partial charge in [-0.05, 0) is 31.4 Å². The van der Waals surface area contributed by atoms with E-state index in [0.717, 1.165) is 0 Å². The summed E-state index contributed by atoms with van der Waals surface area (Å²) >= 11 is 12.0. The quantitative estimate of drug-likeness (QED) is 0.717. The van der Waals surface area contributed by atoms with Crippen LogP contribution in [0.25, 0.3) is 0 Å². The van der Waals surface area contributed by atoms with Gasteiger partial charge in [0.05, 0.1) is 27.9 Å². The molecular weight excluding hydrogens is 311 g/mol. The molecule has 1 atom stereocenters. The molecule has 1 aromatic rings. The van der Waals surface area contributed by atoms with Gasteiger partial charge < -0.3 is 15.7 Å². The Hall–Kier alpha value is -0.810. The molecule has 118 valence electrons. The summed E-state index contributed by atoms with van der Waals surface area (Å²) in [5.74, 6) is 0.128. The van der Waals surface area contributed by atoms with Crippen molar-refractivity contribution in [2.45, 2.75) is 32.8 Å². The van der Waals surface area contributed by atoms with Gasteiger partial charge in [0.2, 0.25) is 5.91 Å². The Labute approximate surface area is 135 Å². The number of hydrogen-bond acceptors (Lipinski definition) is 3. The van der Waals surface area contributed by atoms with Crippen LogP contribution in [0.2, 0.25) is 10.0 Å². The molecule has 0 saturated carbocycles. The van der Waals surface area contributed by atoms with E-state index in [2.05, 4.69) is 10.6 Å². The number of anilines is 1. The van der Waals surface area contributed by atoms with E-state index in [1.165, 1.54) is 0 Å². The van der Waals surface area contributed by atoms with E-state index in [-0.39, 0.29) is 12.5 Å². The Morgan fingerprint density at radius 3 is 2.43 bits per heavy atom.